The first-order chi connectivity index (χ1) is 8.15. The van der Waals surface area contributed by atoms with Crippen molar-refractivity contribution < 1.29 is 4.62 Å². The molecule has 3 nitrogen and oxygen atoms in total. The van der Waals surface area contributed by atoms with Gasteiger partial charge in [-0.05, 0) is 0 Å². The van der Waals surface area contributed by atoms with Gasteiger partial charge in [0.15, 0.2) is 5.71 Å². The lowest BCUT2D eigenvalue weighted by molar-refractivity contribution is 0.380. The van der Waals surface area contributed by atoms with Gasteiger partial charge in [-0.2, -0.15) is 5.26 Å². The van der Waals surface area contributed by atoms with Gasteiger partial charge in [0, 0.05) is 17.9 Å². The summed E-state index contributed by atoms with van der Waals surface area (Å²) in [5.41, 5.74) is 1.03. The van der Waals surface area contributed by atoms with E-state index in [1.54, 1.807) is 0 Å². The van der Waals surface area contributed by atoms with Gasteiger partial charge in [-0.25, -0.2) is 0 Å². The molecule has 1 rings (SSSR count). The summed E-state index contributed by atoms with van der Waals surface area (Å²) < 4.78 is 5.43. The Morgan fingerprint density at radius 3 is 2.41 bits per heavy atom. The second-order valence-electron chi connectivity index (χ2n) is 3.45. The second-order valence-corrected chi connectivity index (χ2v) is 8.50. The predicted octanol–water partition coefficient (Wildman–Crippen LogP) is 3.37. The molecule has 0 atom stereocenters. The van der Waals surface area contributed by atoms with Gasteiger partial charge in [0.25, 0.3) is 0 Å². The molecule has 0 spiro atoms. The van der Waals surface area contributed by atoms with Crippen molar-refractivity contribution in [2.24, 2.45) is 5.16 Å². The molecule has 1 aromatic rings. The number of benzene rings is 1. The van der Waals surface area contributed by atoms with Crippen LogP contribution in [0.3, 0.4) is 0 Å². The minimum Gasteiger partial charge on any atom is -0.368 e. The van der Waals surface area contributed by atoms with Gasteiger partial charge in [0.1, 0.15) is 12.3 Å². The zero-order chi connectivity index (χ0) is 12.7. The molecule has 0 aliphatic heterocycles. The third kappa shape index (κ3) is 3.96. The molecule has 0 fully saturated rings. The standard InChI is InChI=1S/C12H15N2OPS/c1-3-16(17,4-2)15-14-12(10-13)11-8-6-5-7-9-11/h5-9H,3-4H2,1-2H3/b14-12+. The maximum atomic E-state index is 9.04. The SMILES string of the molecule is CCP(=S)(CC)O/N=C(\C#N)c1ccccc1. The molecule has 0 aromatic heterocycles. The summed E-state index contributed by atoms with van der Waals surface area (Å²) in [4.78, 5) is 0. The quantitative estimate of drug-likeness (QED) is 0.466. The summed E-state index contributed by atoms with van der Waals surface area (Å²) in [5.74, 6) is 0. The van der Waals surface area contributed by atoms with Gasteiger partial charge in [-0.3, -0.25) is 0 Å². The van der Waals surface area contributed by atoms with E-state index in [2.05, 4.69) is 5.16 Å². The molecule has 0 aliphatic carbocycles. The normalized spacial score (nSPS) is 11.9. The smallest absolute Gasteiger partial charge is 0.187 e. The van der Waals surface area contributed by atoms with Crippen molar-refractivity contribution in [2.45, 2.75) is 13.8 Å². The van der Waals surface area contributed by atoms with Gasteiger partial charge >= 0.3 is 0 Å². The van der Waals surface area contributed by atoms with Crippen molar-refractivity contribution in [3.8, 4) is 6.07 Å². The van der Waals surface area contributed by atoms with E-state index in [9.17, 15) is 0 Å². The van der Waals surface area contributed by atoms with Gasteiger partial charge in [-0.15, -0.1) is 0 Å². The molecule has 0 saturated heterocycles. The third-order valence-electron chi connectivity index (χ3n) is 2.40. The minimum absolute atomic E-state index is 0.279. The molecule has 90 valence electrons. The number of oxime groups is 1. The minimum atomic E-state index is -1.87. The van der Waals surface area contributed by atoms with E-state index in [0.29, 0.717) is 0 Å². The highest BCUT2D eigenvalue weighted by Gasteiger charge is 2.14. The van der Waals surface area contributed by atoms with E-state index >= 15 is 0 Å². The first-order valence-electron chi connectivity index (χ1n) is 5.45. The van der Waals surface area contributed by atoms with E-state index in [4.69, 9.17) is 21.7 Å². The average Bonchev–Trinajstić information content (AvgIpc) is 2.40. The molecule has 1 aromatic carbocycles. The van der Waals surface area contributed by atoms with Gasteiger partial charge in [-0.1, -0.05) is 61.1 Å². The van der Waals surface area contributed by atoms with Crippen molar-refractivity contribution in [1.29, 1.82) is 5.26 Å². The molecule has 0 unspecified atom stereocenters. The van der Waals surface area contributed by atoms with Crippen LogP contribution < -0.4 is 0 Å². The third-order valence-corrected chi connectivity index (χ3v) is 6.45. The highest BCUT2D eigenvalue weighted by atomic mass is 32.4. The van der Waals surface area contributed by atoms with Crippen LogP contribution in [0.25, 0.3) is 0 Å². The molecule has 0 amide bonds. The maximum absolute atomic E-state index is 9.04. The lowest BCUT2D eigenvalue weighted by Gasteiger charge is -2.14. The number of rotatable bonds is 5. The molecule has 17 heavy (non-hydrogen) atoms. The van der Waals surface area contributed by atoms with Crippen LogP contribution in [0.5, 0.6) is 0 Å². The Bertz CT molecular complexity index is 471. The Hall–Kier alpha value is -1.17. The summed E-state index contributed by atoms with van der Waals surface area (Å²) >= 11 is 5.39. The van der Waals surface area contributed by atoms with E-state index in [0.717, 1.165) is 17.9 Å². The molecule has 0 N–H and O–H groups in total. The molecule has 0 saturated carbocycles. The molecule has 0 bridgehead atoms. The highest BCUT2D eigenvalue weighted by molar-refractivity contribution is 8.12. The van der Waals surface area contributed by atoms with Crippen molar-refractivity contribution in [3.05, 3.63) is 35.9 Å². The molecule has 5 heteroatoms. The zero-order valence-electron chi connectivity index (χ0n) is 9.96. The molecule has 0 radical (unpaired) electrons. The van der Waals surface area contributed by atoms with E-state index in [-0.39, 0.29) is 5.71 Å². The fourth-order valence-corrected chi connectivity index (χ4v) is 2.20. The van der Waals surface area contributed by atoms with Gasteiger partial charge < -0.3 is 4.62 Å². The summed E-state index contributed by atoms with van der Waals surface area (Å²) in [6.07, 6.45) is -0.299. The zero-order valence-corrected chi connectivity index (χ0v) is 11.7. The number of nitriles is 1. The van der Waals surface area contributed by atoms with Crippen molar-refractivity contribution in [1.82, 2.24) is 0 Å². The summed E-state index contributed by atoms with van der Waals surface area (Å²) in [7, 11) is 0. The molecular formula is C12H15N2OPS. The summed E-state index contributed by atoms with van der Waals surface area (Å²) in [6.45, 7) is 3.99. The maximum Gasteiger partial charge on any atom is 0.187 e. The van der Waals surface area contributed by atoms with Crippen LogP contribution in [0.2, 0.25) is 0 Å². The lowest BCUT2D eigenvalue weighted by Crippen LogP contribution is -1.99. The topological polar surface area (TPSA) is 45.4 Å². The fraction of sp³-hybridized carbons (Fsp3) is 0.333. The lowest BCUT2D eigenvalue weighted by atomic mass is 10.1. The van der Waals surface area contributed by atoms with Crippen LogP contribution in [0.1, 0.15) is 19.4 Å². The van der Waals surface area contributed by atoms with Crippen molar-refractivity contribution >= 4 is 23.8 Å². The molecule has 0 heterocycles. The van der Waals surface area contributed by atoms with Crippen LogP contribution in [0, 0.1) is 11.3 Å². The Morgan fingerprint density at radius 2 is 1.94 bits per heavy atom. The summed E-state index contributed by atoms with van der Waals surface area (Å²) in [5, 5.41) is 13.0. The molecular weight excluding hydrogens is 251 g/mol. The highest BCUT2D eigenvalue weighted by Crippen LogP contribution is 2.46. The number of hydrogen-bond donors (Lipinski definition) is 0. The van der Waals surface area contributed by atoms with E-state index in [1.165, 1.54) is 0 Å². The Balaban J connectivity index is 2.91. The van der Waals surface area contributed by atoms with Crippen molar-refractivity contribution in [3.63, 3.8) is 0 Å². The second kappa shape index (κ2) is 6.54. The Kier molecular flexibility index (Phi) is 5.34. The van der Waals surface area contributed by atoms with Crippen LogP contribution in [-0.4, -0.2) is 18.0 Å². The molecule has 0 aliphatic rings. The predicted molar refractivity (Wildman–Crippen MR) is 75.0 cm³/mol. The van der Waals surface area contributed by atoms with Crippen LogP contribution >= 0.6 is 6.26 Å². The van der Waals surface area contributed by atoms with Crippen molar-refractivity contribution in [2.75, 3.05) is 12.3 Å². The van der Waals surface area contributed by atoms with Crippen LogP contribution in [0.15, 0.2) is 35.5 Å². The number of nitrogens with zero attached hydrogens (tertiary/aromatic N) is 2. The van der Waals surface area contributed by atoms with Gasteiger partial charge in [0.05, 0.1) is 0 Å². The van der Waals surface area contributed by atoms with E-state index in [1.807, 2.05) is 50.2 Å². The first-order valence-corrected chi connectivity index (χ1v) is 8.54. The first kappa shape index (κ1) is 13.9. The largest absolute Gasteiger partial charge is 0.368 e. The summed E-state index contributed by atoms with van der Waals surface area (Å²) in [6, 6.07) is 11.3. The average molecular weight is 266 g/mol. The van der Waals surface area contributed by atoms with Crippen LogP contribution in [0.4, 0.5) is 0 Å². The Labute approximate surface area is 107 Å². The van der Waals surface area contributed by atoms with Gasteiger partial charge in [0.2, 0.25) is 0 Å². The monoisotopic (exact) mass is 266 g/mol. The number of hydrogen-bond acceptors (Lipinski definition) is 4. The fourth-order valence-electron chi connectivity index (χ4n) is 1.19. The van der Waals surface area contributed by atoms with Crippen LogP contribution in [-0.2, 0) is 16.4 Å². The Morgan fingerprint density at radius 1 is 1.35 bits per heavy atom. The van der Waals surface area contributed by atoms with E-state index < -0.39 is 6.26 Å².